The van der Waals surface area contributed by atoms with Crippen LogP contribution in [0.2, 0.25) is 0 Å². The number of hydrogen-bond donors (Lipinski definition) is 2. The minimum Gasteiger partial charge on any atom is -0.375 e. The second-order valence-corrected chi connectivity index (χ2v) is 4.30. The lowest BCUT2D eigenvalue weighted by Crippen LogP contribution is -2.42. The molecule has 0 amide bonds. The van der Waals surface area contributed by atoms with Gasteiger partial charge in [0.25, 0.3) is 0 Å². The van der Waals surface area contributed by atoms with Gasteiger partial charge in [-0.15, -0.1) is 0 Å². The number of thiol groups is 1. The summed E-state index contributed by atoms with van der Waals surface area (Å²) in [5.41, 5.74) is 7.10. The summed E-state index contributed by atoms with van der Waals surface area (Å²) in [6, 6.07) is 9.63. The molecular weight excluding hydrogens is 250 g/mol. The highest BCUT2D eigenvalue weighted by atomic mass is 32.1. The Morgan fingerprint density at radius 2 is 2.17 bits per heavy atom. The quantitative estimate of drug-likeness (QED) is 0.591. The minimum absolute atomic E-state index is 0.320. The lowest BCUT2D eigenvalue weighted by atomic mass is 10.2. The van der Waals surface area contributed by atoms with Crippen molar-refractivity contribution in [3.8, 4) is 0 Å². The minimum atomic E-state index is -0.320. The topological polar surface area (TPSA) is 69.8 Å². The van der Waals surface area contributed by atoms with Crippen molar-refractivity contribution in [3.05, 3.63) is 41.7 Å². The summed E-state index contributed by atoms with van der Waals surface area (Å²) >= 11 is 4.07. The van der Waals surface area contributed by atoms with Crippen molar-refractivity contribution in [2.45, 2.75) is 12.6 Å². The first kappa shape index (κ1) is 13.0. The van der Waals surface area contributed by atoms with Crippen molar-refractivity contribution >= 4 is 12.8 Å². The van der Waals surface area contributed by atoms with Crippen LogP contribution in [0.25, 0.3) is 0 Å². The zero-order valence-electron chi connectivity index (χ0n) is 10.1. The van der Waals surface area contributed by atoms with E-state index in [4.69, 9.17) is 10.5 Å². The fourth-order valence-electron chi connectivity index (χ4n) is 1.57. The Kier molecular flexibility index (Phi) is 4.29. The summed E-state index contributed by atoms with van der Waals surface area (Å²) in [5.74, 6) is 0.637. The van der Waals surface area contributed by atoms with E-state index in [-0.39, 0.29) is 6.04 Å². The number of benzene rings is 1. The Bertz CT molecular complexity index is 501. The fraction of sp³-hybridized carbons (Fsp3) is 0.364. The van der Waals surface area contributed by atoms with Crippen molar-refractivity contribution < 1.29 is 9.42 Å². The van der Waals surface area contributed by atoms with Gasteiger partial charge in [0.15, 0.2) is 5.21 Å². The molecule has 0 aliphatic rings. The zero-order chi connectivity index (χ0) is 13.0. The molecular formula is C11H16N5OS+. The Balaban J connectivity index is 1.85. The van der Waals surface area contributed by atoms with Gasteiger partial charge in [-0.05, 0) is 5.56 Å². The highest BCUT2D eigenvalue weighted by Crippen LogP contribution is 2.05. The number of aromatic nitrogens is 4. The second-order valence-electron chi connectivity index (χ2n) is 3.95. The van der Waals surface area contributed by atoms with Crippen LogP contribution in [0.15, 0.2) is 30.3 Å². The molecule has 2 rings (SSSR count). The monoisotopic (exact) mass is 266 g/mol. The standard InChI is InChI=1S/C11H16N5OS/c1-15-11(13-14-16(15)18)10(12)8-17-7-9-5-3-2-4-6-9/h2-6,10H,7-8,12H2,1H3,(H,14,18)/q+1/t10-/m1/s1. The van der Waals surface area contributed by atoms with Crippen molar-refractivity contribution in [1.29, 1.82) is 0 Å². The van der Waals surface area contributed by atoms with E-state index in [9.17, 15) is 0 Å². The van der Waals surface area contributed by atoms with Crippen LogP contribution in [0.1, 0.15) is 17.4 Å². The molecule has 0 saturated carbocycles. The van der Waals surface area contributed by atoms with Gasteiger partial charge in [-0.3, -0.25) is 0 Å². The van der Waals surface area contributed by atoms with Crippen LogP contribution >= 0.6 is 12.8 Å². The Morgan fingerprint density at radius 3 is 2.78 bits per heavy atom. The van der Waals surface area contributed by atoms with Gasteiger partial charge in [-0.25, -0.2) is 0 Å². The molecule has 0 spiro atoms. The van der Waals surface area contributed by atoms with Gasteiger partial charge >= 0.3 is 5.82 Å². The molecule has 7 heteroatoms. The number of nitrogens with two attached hydrogens (primary N) is 1. The van der Waals surface area contributed by atoms with Crippen LogP contribution in [-0.2, 0) is 18.4 Å². The number of tetrazole rings is 1. The second kappa shape index (κ2) is 5.94. The van der Waals surface area contributed by atoms with Crippen molar-refractivity contribution in [2.75, 3.05) is 6.61 Å². The predicted molar refractivity (Wildman–Crippen MR) is 68.6 cm³/mol. The molecule has 96 valence electrons. The summed E-state index contributed by atoms with van der Waals surface area (Å²) in [4.78, 5) is 0. The van der Waals surface area contributed by atoms with Crippen LogP contribution in [-0.4, -0.2) is 21.1 Å². The third-order valence-electron chi connectivity index (χ3n) is 2.57. The van der Waals surface area contributed by atoms with E-state index < -0.39 is 0 Å². The highest BCUT2D eigenvalue weighted by Gasteiger charge is 2.22. The summed E-state index contributed by atoms with van der Waals surface area (Å²) in [7, 11) is 1.79. The molecule has 0 fully saturated rings. The largest absolute Gasteiger partial charge is 0.375 e. The summed E-state index contributed by atoms with van der Waals surface area (Å²) in [6.07, 6.45) is 0. The normalized spacial score (nSPS) is 12.6. The molecule has 2 N–H and O–H groups in total. The van der Waals surface area contributed by atoms with E-state index >= 15 is 0 Å². The molecule has 1 atom stereocenters. The van der Waals surface area contributed by atoms with Gasteiger partial charge in [0.05, 0.1) is 20.3 Å². The van der Waals surface area contributed by atoms with Gasteiger partial charge in [-0.1, -0.05) is 30.3 Å². The molecule has 0 unspecified atom stereocenters. The number of ether oxygens (including phenoxy) is 1. The lowest BCUT2D eigenvalue weighted by Gasteiger charge is -2.07. The van der Waals surface area contributed by atoms with E-state index in [1.54, 1.807) is 11.7 Å². The van der Waals surface area contributed by atoms with Crippen LogP contribution < -0.4 is 10.4 Å². The van der Waals surface area contributed by atoms with Crippen molar-refractivity contribution in [2.24, 2.45) is 12.8 Å². The lowest BCUT2D eigenvalue weighted by molar-refractivity contribution is -0.748. The molecule has 18 heavy (non-hydrogen) atoms. The third-order valence-corrected chi connectivity index (χ3v) is 2.92. The van der Waals surface area contributed by atoms with Gasteiger partial charge in [0.2, 0.25) is 0 Å². The average Bonchev–Trinajstić information content (AvgIpc) is 2.71. The smallest absolute Gasteiger partial charge is 0.320 e. The number of rotatable bonds is 5. The highest BCUT2D eigenvalue weighted by molar-refractivity contribution is 7.78. The predicted octanol–water partition coefficient (Wildman–Crippen LogP) is 0.0121. The molecule has 1 heterocycles. The van der Waals surface area contributed by atoms with Crippen molar-refractivity contribution in [3.63, 3.8) is 0 Å². The SMILES string of the molecule is C[n+]1c([C@H](N)COCc2ccccc2)nnn1S. The Morgan fingerprint density at radius 1 is 1.44 bits per heavy atom. The van der Waals surface area contributed by atoms with Gasteiger partial charge in [0, 0.05) is 17.0 Å². The summed E-state index contributed by atoms with van der Waals surface area (Å²) in [6.45, 7) is 0.919. The Labute approximate surface area is 111 Å². The maximum absolute atomic E-state index is 5.98. The molecule has 1 aromatic heterocycles. The van der Waals surface area contributed by atoms with E-state index in [0.717, 1.165) is 5.56 Å². The van der Waals surface area contributed by atoms with Gasteiger partial charge < -0.3 is 10.5 Å². The van der Waals surface area contributed by atoms with Gasteiger partial charge in [-0.2, -0.15) is 4.68 Å². The van der Waals surface area contributed by atoms with Crippen molar-refractivity contribution in [1.82, 2.24) is 14.5 Å². The van der Waals surface area contributed by atoms with E-state index in [2.05, 4.69) is 23.1 Å². The van der Waals surface area contributed by atoms with Crippen LogP contribution in [0.4, 0.5) is 0 Å². The fourth-order valence-corrected chi connectivity index (χ4v) is 1.70. The molecule has 2 aromatic rings. The first-order valence-corrected chi connectivity index (χ1v) is 5.97. The van der Waals surface area contributed by atoms with Crippen LogP contribution in [0.5, 0.6) is 0 Å². The van der Waals surface area contributed by atoms with E-state index in [0.29, 0.717) is 19.0 Å². The first-order valence-electron chi connectivity index (χ1n) is 5.57. The summed E-state index contributed by atoms with van der Waals surface area (Å²) < 4.78 is 8.55. The first-order chi connectivity index (χ1) is 8.68. The Hall–Kier alpha value is -1.44. The van der Waals surface area contributed by atoms with Crippen LogP contribution in [0.3, 0.4) is 0 Å². The molecule has 0 aliphatic heterocycles. The molecule has 0 aliphatic carbocycles. The maximum atomic E-state index is 5.98. The molecule has 1 aromatic carbocycles. The molecule has 0 bridgehead atoms. The molecule has 0 saturated heterocycles. The maximum Gasteiger partial charge on any atom is 0.320 e. The number of nitrogens with zero attached hydrogens (tertiary/aromatic N) is 4. The van der Waals surface area contributed by atoms with Gasteiger partial charge in [0.1, 0.15) is 11.1 Å². The zero-order valence-corrected chi connectivity index (χ0v) is 11.0. The summed E-state index contributed by atoms with van der Waals surface area (Å²) in [5, 5.41) is 7.70. The average molecular weight is 266 g/mol. The van der Waals surface area contributed by atoms with Crippen LogP contribution in [0, 0.1) is 0 Å². The third kappa shape index (κ3) is 3.06. The molecule has 6 nitrogen and oxygen atoms in total. The van der Waals surface area contributed by atoms with E-state index in [1.165, 1.54) is 4.20 Å². The number of hydrogen-bond acceptors (Lipinski definition) is 5. The van der Waals surface area contributed by atoms with E-state index in [1.807, 2.05) is 30.3 Å². The molecule has 0 radical (unpaired) electrons.